The van der Waals surface area contributed by atoms with Crippen molar-refractivity contribution >= 4 is 17.9 Å². The van der Waals surface area contributed by atoms with Gasteiger partial charge in [0.15, 0.2) is 0 Å². The average molecular weight is 286 g/mol. The van der Waals surface area contributed by atoms with Crippen LogP contribution in [0.5, 0.6) is 0 Å². The van der Waals surface area contributed by atoms with Crippen molar-refractivity contribution in [1.29, 1.82) is 0 Å². The number of hydrogen-bond acceptors (Lipinski definition) is 7. The molecule has 0 amide bonds. The molecule has 0 aliphatic heterocycles. The van der Waals surface area contributed by atoms with Crippen LogP contribution in [0.3, 0.4) is 0 Å². The van der Waals surface area contributed by atoms with Crippen LogP contribution in [0.15, 0.2) is 0 Å². The summed E-state index contributed by atoms with van der Waals surface area (Å²) in [5.74, 6) is -1.92. The van der Waals surface area contributed by atoms with E-state index in [9.17, 15) is 19.5 Å². The minimum atomic E-state index is -2.60. The van der Waals surface area contributed by atoms with E-state index < -0.39 is 29.4 Å². The molecule has 0 saturated carbocycles. The van der Waals surface area contributed by atoms with Gasteiger partial charge in [0.1, 0.15) is 0 Å². The van der Waals surface area contributed by atoms with Gasteiger partial charge in [0.2, 0.25) is 0 Å². The summed E-state index contributed by atoms with van der Waals surface area (Å²) in [6.45, 7) is 0. The SMILES string of the molecule is C#CCCC(CC(=O)OC)C(O)(C(=O)OC)C(=O)OC. The fourth-order valence-corrected chi connectivity index (χ4v) is 1.73. The molecule has 0 aromatic carbocycles. The summed E-state index contributed by atoms with van der Waals surface area (Å²) in [7, 11) is 3.16. The molecular formula is C13H18O7. The van der Waals surface area contributed by atoms with Crippen molar-refractivity contribution in [2.24, 2.45) is 5.92 Å². The van der Waals surface area contributed by atoms with Crippen LogP contribution in [0.1, 0.15) is 19.3 Å². The number of carbonyl (C=O) groups excluding carboxylic acids is 3. The first kappa shape index (κ1) is 17.9. The fraction of sp³-hybridized carbons (Fsp3) is 0.615. The number of terminal acetylenes is 1. The van der Waals surface area contributed by atoms with Crippen LogP contribution < -0.4 is 0 Å². The van der Waals surface area contributed by atoms with E-state index in [4.69, 9.17) is 6.42 Å². The van der Waals surface area contributed by atoms with Gasteiger partial charge in [-0.3, -0.25) is 4.79 Å². The van der Waals surface area contributed by atoms with Crippen LogP contribution in [-0.4, -0.2) is 49.9 Å². The Morgan fingerprint density at radius 2 is 1.65 bits per heavy atom. The van der Waals surface area contributed by atoms with Crippen molar-refractivity contribution in [3.05, 3.63) is 0 Å². The highest BCUT2D eigenvalue weighted by atomic mass is 16.6. The van der Waals surface area contributed by atoms with E-state index >= 15 is 0 Å². The van der Waals surface area contributed by atoms with E-state index in [0.717, 1.165) is 21.3 Å². The van der Waals surface area contributed by atoms with E-state index in [1.165, 1.54) is 0 Å². The standard InChI is InChI=1S/C13H18O7/c1-5-6-7-9(8-10(14)18-2)13(17,11(15)19-3)12(16)20-4/h1,9,17H,6-8H2,2-4H3. The van der Waals surface area contributed by atoms with Gasteiger partial charge in [-0.05, 0) is 6.42 Å². The zero-order valence-electron chi connectivity index (χ0n) is 11.7. The van der Waals surface area contributed by atoms with Gasteiger partial charge in [0.05, 0.1) is 27.8 Å². The van der Waals surface area contributed by atoms with Crippen molar-refractivity contribution in [1.82, 2.24) is 0 Å². The van der Waals surface area contributed by atoms with E-state index in [-0.39, 0.29) is 19.3 Å². The van der Waals surface area contributed by atoms with Crippen LogP contribution in [0.2, 0.25) is 0 Å². The molecule has 0 aliphatic carbocycles. The van der Waals surface area contributed by atoms with Crippen molar-refractivity contribution < 1.29 is 33.7 Å². The van der Waals surface area contributed by atoms with Crippen LogP contribution in [-0.2, 0) is 28.6 Å². The average Bonchev–Trinajstić information content (AvgIpc) is 2.48. The first-order valence-corrected chi connectivity index (χ1v) is 5.77. The third-order valence-corrected chi connectivity index (χ3v) is 2.86. The zero-order chi connectivity index (χ0) is 15.8. The molecule has 7 heteroatoms. The van der Waals surface area contributed by atoms with Gasteiger partial charge >= 0.3 is 17.9 Å². The van der Waals surface area contributed by atoms with Crippen molar-refractivity contribution in [3.63, 3.8) is 0 Å². The molecule has 0 heterocycles. The number of rotatable bonds is 7. The van der Waals surface area contributed by atoms with Crippen molar-refractivity contribution in [2.75, 3.05) is 21.3 Å². The zero-order valence-corrected chi connectivity index (χ0v) is 11.7. The largest absolute Gasteiger partial charge is 0.469 e. The molecular weight excluding hydrogens is 268 g/mol. The van der Waals surface area contributed by atoms with Crippen LogP contribution >= 0.6 is 0 Å². The van der Waals surface area contributed by atoms with Gasteiger partial charge in [0, 0.05) is 12.3 Å². The Morgan fingerprint density at radius 1 is 1.15 bits per heavy atom. The monoisotopic (exact) mass is 286 g/mol. The molecule has 0 aliphatic rings. The number of carbonyl (C=O) groups is 3. The van der Waals surface area contributed by atoms with E-state index in [0.29, 0.717) is 0 Å². The first-order chi connectivity index (χ1) is 9.38. The maximum absolute atomic E-state index is 11.7. The maximum Gasteiger partial charge on any atom is 0.350 e. The molecule has 0 radical (unpaired) electrons. The lowest BCUT2D eigenvalue weighted by atomic mass is 9.81. The second-order valence-electron chi connectivity index (χ2n) is 3.97. The number of ether oxygens (including phenoxy) is 3. The summed E-state index contributed by atoms with van der Waals surface area (Å²) in [6, 6.07) is 0. The Labute approximate surface area is 117 Å². The second-order valence-corrected chi connectivity index (χ2v) is 3.97. The highest BCUT2D eigenvalue weighted by Crippen LogP contribution is 2.29. The van der Waals surface area contributed by atoms with Crippen LogP contribution in [0, 0.1) is 18.3 Å². The van der Waals surface area contributed by atoms with Gasteiger partial charge in [-0.2, -0.15) is 0 Å². The lowest BCUT2D eigenvalue weighted by molar-refractivity contribution is -0.188. The van der Waals surface area contributed by atoms with E-state index in [1.807, 2.05) is 0 Å². The van der Waals surface area contributed by atoms with E-state index in [1.54, 1.807) is 0 Å². The molecule has 0 bridgehead atoms. The van der Waals surface area contributed by atoms with Gasteiger partial charge in [-0.25, -0.2) is 9.59 Å². The minimum absolute atomic E-state index is 0.0479. The van der Waals surface area contributed by atoms with Crippen molar-refractivity contribution in [3.8, 4) is 12.3 Å². The Hall–Kier alpha value is -2.07. The highest BCUT2D eigenvalue weighted by Gasteiger charge is 2.53. The molecule has 0 fully saturated rings. The van der Waals surface area contributed by atoms with Gasteiger partial charge in [-0.15, -0.1) is 12.3 Å². The first-order valence-electron chi connectivity index (χ1n) is 5.77. The molecule has 0 rings (SSSR count). The molecule has 0 aromatic heterocycles. The molecule has 7 nitrogen and oxygen atoms in total. The molecule has 0 saturated heterocycles. The van der Waals surface area contributed by atoms with Crippen LogP contribution in [0.4, 0.5) is 0 Å². The summed E-state index contributed by atoms with van der Waals surface area (Å²) < 4.78 is 13.3. The minimum Gasteiger partial charge on any atom is -0.469 e. The quantitative estimate of drug-likeness (QED) is 0.296. The summed E-state index contributed by atoms with van der Waals surface area (Å²) in [6.07, 6.45) is 4.94. The normalized spacial score (nSPS) is 11.9. The maximum atomic E-state index is 11.7. The van der Waals surface area contributed by atoms with Gasteiger partial charge in [-0.1, -0.05) is 0 Å². The summed E-state index contributed by atoms with van der Waals surface area (Å²) in [4.78, 5) is 34.8. The number of methoxy groups -OCH3 is 3. The molecule has 1 unspecified atom stereocenters. The third-order valence-electron chi connectivity index (χ3n) is 2.86. The summed E-state index contributed by atoms with van der Waals surface area (Å²) in [5, 5.41) is 10.4. The van der Waals surface area contributed by atoms with Crippen LogP contribution in [0.25, 0.3) is 0 Å². The number of aliphatic hydroxyl groups is 1. The van der Waals surface area contributed by atoms with Crippen molar-refractivity contribution in [2.45, 2.75) is 24.9 Å². The topological polar surface area (TPSA) is 99.1 Å². The molecule has 20 heavy (non-hydrogen) atoms. The second kappa shape index (κ2) is 8.17. The molecule has 112 valence electrons. The lowest BCUT2D eigenvalue weighted by Gasteiger charge is -2.30. The smallest absolute Gasteiger partial charge is 0.350 e. The predicted molar refractivity (Wildman–Crippen MR) is 67.2 cm³/mol. The van der Waals surface area contributed by atoms with Gasteiger partial charge < -0.3 is 19.3 Å². The fourth-order valence-electron chi connectivity index (χ4n) is 1.73. The Balaban J connectivity index is 5.49. The summed E-state index contributed by atoms with van der Waals surface area (Å²) in [5.41, 5.74) is -2.60. The molecule has 0 spiro atoms. The molecule has 1 atom stereocenters. The summed E-state index contributed by atoms with van der Waals surface area (Å²) >= 11 is 0. The van der Waals surface area contributed by atoms with Gasteiger partial charge in [0.25, 0.3) is 5.60 Å². The Morgan fingerprint density at radius 3 is 2.00 bits per heavy atom. The Bertz CT molecular complexity index is 391. The lowest BCUT2D eigenvalue weighted by Crippen LogP contribution is -2.54. The van der Waals surface area contributed by atoms with E-state index in [2.05, 4.69) is 20.1 Å². The molecule has 0 aromatic rings. The number of esters is 3. The Kier molecular flexibility index (Phi) is 7.33. The predicted octanol–water partition coefficient (Wildman–Crippen LogP) is -0.344. The number of hydrogen-bond donors (Lipinski definition) is 1. The third kappa shape index (κ3) is 3.96. The molecule has 1 N–H and O–H groups in total. The highest BCUT2D eigenvalue weighted by molar-refractivity contribution is 6.04.